The Morgan fingerprint density at radius 1 is 0.292 bits per heavy atom. The lowest BCUT2D eigenvalue weighted by molar-refractivity contribution is 0.429. The Morgan fingerprint density at radius 2 is 0.510 bits per heavy atom. The maximum Gasteiger partial charge on any atom is 0.135 e. The summed E-state index contributed by atoms with van der Waals surface area (Å²) in [6.07, 6.45) is 16.6. The van der Waals surface area contributed by atoms with Gasteiger partial charge in [-0.05, 0) is 87.2 Å². The largest absolute Gasteiger partial charge is 0.456 e. The maximum absolute atomic E-state index is 7.84. The standard InChI is InChI=1S/C80H134O2Si14/c1-85(2,3)75(86(4,5)6)55-49-63(77(89(13,14)15)90(16,17)18)73(64(50-55)78(91(19,20)21)92(22,23)24)83-57-45-47-62-69(53-57)82-68-44-40-38-42-60(68)72(62)84(58-46-48-61-70(54-58)81-67-43-39-37-41-59(67)71(61)83)74-65(79(93(25,26)27)94(28,29)30)51-56(76(87(7,8)9)88(10,11)12)52-66(74)80(95(31,32)33)96(34,35)36/h37-54,57-58,75-80H,1-36H3. The summed E-state index contributed by atoms with van der Waals surface area (Å²) in [5.41, 5.74) is 16.0. The van der Waals surface area contributed by atoms with Gasteiger partial charge in [-0.2, -0.15) is 0 Å². The fraction of sp³-hybridized carbons (Fsp3) is 0.550. The first kappa shape index (κ1) is 78.1. The molecule has 4 aromatic rings. The SMILES string of the molecule is C[Si](C)(C)C(c1cc(C([Si](C)(C)C)[Si](C)(C)C)c([Si]2C3=C4C=CC(C=C4Oc4ccccc43)[Si](c3c(C([Si](C)(C)C)[Si](C)(C)C)cc(C([Si](C)(C)C)[Si](C)(C)C)cc3C([Si](C)(C)C)[Si](C)(C)C)C3=C4C=CC2C=C4Oc2ccccc23)c(C([Si](C)(C)C)[Si](C)(C)C)c1)[Si](C)(C)C. The van der Waals surface area contributed by atoms with E-state index in [1.165, 1.54) is 22.3 Å². The second-order valence-corrected chi connectivity index (χ2v) is 116. The molecule has 0 aromatic heterocycles. The fourth-order valence-electron chi connectivity index (χ4n) is 22.5. The van der Waals surface area contributed by atoms with Crippen LogP contribution < -0.4 is 19.8 Å². The molecule has 96 heavy (non-hydrogen) atoms. The van der Waals surface area contributed by atoms with Crippen molar-refractivity contribution in [3.05, 3.63) is 176 Å². The Labute approximate surface area is 605 Å². The number of hydrogen-bond acceptors (Lipinski definition) is 2. The van der Waals surface area contributed by atoms with Crippen molar-refractivity contribution in [2.45, 2.75) is 278 Å². The van der Waals surface area contributed by atoms with Crippen LogP contribution in [0.3, 0.4) is 0 Å². The van der Waals surface area contributed by atoms with Crippen molar-refractivity contribution in [3.8, 4) is 11.5 Å². The third-order valence-electron chi connectivity index (χ3n) is 21.9. The Morgan fingerprint density at radius 3 is 0.729 bits per heavy atom. The van der Waals surface area contributed by atoms with Crippen molar-refractivity contribution in [3.63, 3.8) is 0 Å². The second-order valence-electron chi connectivity index (χ2n) is 43.6. The maximum atomic E-state index is 7.84. The van der Waals surface area contributed by atoms with Gasteiger partial charge in [0.25, 0.3) is 0 Å². The molecule has 8 bridgehead atoms. The van der Waals surface area contributed by atoms with Crippen molar-refractivity contribution in [1.82, 2.24) is 0 Å². The van der Waals surface area contributed by atoms with Crippen LogP contribution in [0.5, 0.6) is 11.5 Å². The second kappa shape index (κ2) is 26.0. The molecule has 2 aliphatic carbocycles. The zero-order valence-electron chi connectivity index (χ0n) is 67.8. The lowest BCUT2D eigenvalue weighted by Crippen LogP contribution is -2.56. The minimum Gasteiger partial charge on any atom is -0.456 e. The molecule has 2 unspecified atom stereocenters. The normalized spacial score (nSPS) is 19.0. The zero-order valence-corrected chi connectivity index (χ0v) is 81.8. The molecule has 0 N–H and O–H groups in total. The van der Waals surface area contributed by atoms with Crippen molar-refractivity contribution in [1.29, 1.82) is 0 Å². The number of benzene rings is 4. The van der Waals surface area contributed by atoms with Gasteiger partial charge in [-0.3, -0.25) is 0 Å². The molecule has 2 atom stereocenters. The monoisotopic (exact) mass is 1520 g/mol. The Hall–Kier alpha value is -2.04. The summed E-state index contributed by atoms with van der Waals surface area (Å²) >= 11 is 0. The predicted octanol–water partition coefficient (Wildman–Crippen LogP) is 24.3. The van der Waals surface area contributed by atoms with Crippen molar-refractivity contribution >= 4 is 135 Å². The van der Waals surface area contributed by atoms with Gasteiger partial charge in [0.05, 0.1) is 0 Å². The van der Waals surface area contributed by atoms with Crippen LogP contribution in [0.4, 0.5) is 0 Å². The van der Waals surface area contributed by atoms with Gasteiger partial charge in [-0.15, -0.1) is 0 Å². The molecule has 0 spiro atoms. The van der Waals surface area contributed by atoms with E-state index in [1.807, 2.05) is 0 Å². The molecule has 0 saturated carbocycles. The lowest BCUT2D eigenvalue weighted by atomic mass is 9.99. The van der Waals surface area contributed by atoms with E-state index < -0.39 is 114 Å². The van der Waals surface area contributed by atoms with E-state index in [2.05, 4.69) is 345 Å². The van der Waals surface area contributed by atoms with Crippen LogP contribution in [-0.2, 0) is 0 Å². The third kappa shape index (κ3) is 15.4. The Balaban J connectivity index is 1.57. The van der Waals surface area contributed by atoms with Crippen LogP contribution in [0.1, 0.15) is 75.5 Å². The quantitative estimate of drug-likeness (QED) is 0.0821. The van der Waals surface area contributed by atoms with Gasteiger partial charge in [0.1, 0.15) is 40.6 Å². The van der Waals surface area contributed by atoms with Gasteiger partial charge >= 0.3 is 0 Å². The summed E-state index contributed by atoms with van der Waals surface area (Å²) in [5, 5.41) is 10.1. The van der Waals surface area contributed by atoms with Crippen molar-refractivity contribution < 1.29 is 9.47 Å². The van der Waals surface area contributed by atoms with Gasteiger partial charge < -0.3 is 9.47 Å². The van der Waals surface area contributed by atoms with Crippen LogP contribution in [0.15, 0.2) is 132 Å². The predicted molar refractivity (Wildman–Crippen MR) is 470 cm³/mol. The summed E-state index contributed by atoms with van der Waals surface area (Å²) in [6, 6.07) is 30.8. The van der Waals surface area contributed by atoms with E-state index in [9.17, 15) is 0 Å². The van der Waals surface area contributed by atoms with E-state index in [4.69, 9.17) is 9.47 Å². The zero-order chi connectivity index (χ0) is 72.3. The fourth-order valence-corrected chi connectivity index (χ4v) is 107. The minimum absolute atomic E-state index is 0.0918. The summed E-state index contributed by atoms with van der Waals surface area (Å²) in [5.74, 6) is 4.31. The Kier molecular flexibility index (Phi) is 21.1. The number of para-hydroxylation sites is 2. The highest BCUT2D eigenvalue weighted by Crippen LogP contribution is 2.55. The summed E-state index contributed by atoms with van der Waals surface area (Å²) in [6.45, 7) is 98.6. The number of ether oxygens (including phenoxy) is 2. The number of hydrogen-bond donors (Lipinski definition) is 0. The number of fused-ring (bicyclic) bond motifs is 2. The first-order chi connectivity index (χ1) is 43.3. The van der Waals surface area contributed by atoms with Gasteiger partial charge in [0.15, 0.2) is 0 Å². The average molecular weight is 1520 g/mol. The molecule has 6 heterocycles. The lowest BCUT2D eigenvalue weighted by Gasteiger charge is -2.48. The molecule has 2 radical (unpaired) electrons. The molecule has 12 rings (SSSR count). The van der Waals surface area contributed by atoms with Crippen molar-refractivity contribution in [2.75, 3.05) is 0 Å². The molecule has 0 saturated heterocycles. The minimum atomic E-state index is -1.95. The average Bonchev–Trinajstić information content (AvgIpc) is 0.709. The molecule has 6 aliphatic heterocycles. The van der Waals surface area contributed by atoms with E-state index in [-0.39, 0.29) is 11.1 Å². The van der Waals surface area contributed by atoms with Gasteiger partial charge in [-0.25, -0.2) is 0 Å². The first-order valence-electron chi connectivity index (χ1n) is 37.2. The third-order valence-corrected chi connectivity index (χ3v) is 84.1. The summed E-state index contributed by atoms with van der Waals surface area (Å²) in [4.78, 5) is 0. The summed E-state index contributed by atoms with van der Waals surface area (Å²) < 4.78 is 15.7. The van der Waals surface area contributed by atoms with Crippen LogP contribution in [-0.4, -0.2) is 114 Å². The molecular weight excluding hydrogens is 1390 g/mol. The highest BCUT2D eigenvalue weighted by atomic mass is 28.4. The van der Waals surface area contributed by atoms with E-state index in [1.54, 1.807) is 54.1 Å². The molecule has 2 nitrogen and oxygen atoms in total. The van der Waals surface area contributed by atoms with Crippen LogP contribution in [0.2, 0.25) is 247 Å². The molecule has 8 aliphatic rings. The van der Waals surface area contributed by atoms with E-state index in [0.29, 0.717) is 31.0 Å². The molecule has 522 valence electrons. The number of allylic oxidation sites excluding steroid dienone is 6. The van der Waals surface area contributed by atoms with Crippen LogP contribution in [0, 0.1) is 0 Å². The van der Waals surface area contributed by atoms with Crippen molar-refractivity contribution in [2.24, 2.45) is 0 Å². The summed E-state index contributed by atoms with van der Waals surface area (Å²) in [7, 11) is -26.3. The molecule has 16 heteroatoms. The van der Waals surface area contributed by atoms with Crippen LogP contribution >= 0.6 is 0 Å². The highest BCUT2D eigenvalue weighted by Gasteiger charge is 2.54. The first-order valence-corrected chi connectivity index (χ1v) is 83.3. The van der Waals surface area contributed by atoms with E-state index in [0.717, 1.165) is 23.0 Å². The molecule has 0 fully saturated rings. The highest BCUT2D eigenvalue weighted by molar-refractivity contribution is 7.03. The van der Waals surface area contributed by atoms with E-state index >= 15 is 0 Å². The smallest absolute Gasteiger partial charge is 0.135 e. The molecule has 0 amide bonds. The van der Waals surface area contributed by atoms with Crippen LogP contribution in [0.25, 0.3) is 10.4 Å². The van der Waals surface area contributed by atoms with Gasteiger partial charge in [0, 0.05) is 130 Å². The molecule has 4 aromatic carbocycles. The van der Waals surface area contributed by atoms with Gasteiger partial charge in [0.2, 0.25) is 0 Å². The number of rotatable bonds is 20. The van der Waals surface area contributed by atoms with Gasteiger partial charge in [-0.1, -0.05) is 343 Å². The molecular formula is C80H134O2Si14. The Bertz CT molecular complexity index is 3410. The topological polar surface area (TPSA) is 18.5 Å².